The van der Waals surface area contributed by atoms with E-state index in [-0.39, 0.29) is 10.8 Å². The maximum absolute atomic E-state index is 12.7. The number of sulfonamides is 1. The van der Waals surface area contributed by atoms with Gasteiger partial charge in [-0.15, -0.1) is 0 Å². The van der Waals surface area contributed by atoms with E-state index in [1.165, 1.54) is 12.1 Å². The first-order valence-corrected chi connectivity index (χ1v) is 10.7. The Bertz CT molecular complexity index is 928. The number of benzene rings is 2. The van der Waals surface area contributed by atoms with Gasteiger partial charge in [-0.05, 0) is 74.1 Å². The third-order valence-corrected chi connectivity index (χ3v) is 6.50. The molecule has 0 aromatic heterocycles. The summed E-state index contributed by atoms with van der Waals surface area (Å²) in [6.07, 6.45) is 2.02. The fourth-order valence-electron chi connectivity index (χ4n) is 3.22. The van der Waals surface area contributed by atoms with Crippen LogP contribution >= 0.6 is 0 Å². The average Bonchev–Trinajstić information content (AvgIpc) is 2.65. The van der Waals surface area contributed by atoms with Gasteiger partial charge < -0.3 is 4.90 Å². The predicted octanol–water partition coefficient (Wildman–Crippen LogP) is 3.98. The summed E-state index contributed by atoms with van der Waals surface area (Å²) >= 11 is 0. The molecule has 3 rings (SSSR count). The molecule has 0 aliphatic carbocycles. The Labute approximate surface area is 161 Å². The Morgan fingerprint density at radius 3 is 2.30 bits per heavy atom. The van der Waals surface area contributed by atoms with E-state index in [1.54, 1.807) is 12.1 Å². The Balaban J connectivity index is 1.76. The lowest BCUT2D eigenvalue weighted by atomic mass is 9.98. The summed E-state index contributed by atoms with van der Waals surface area (Å²) in [6.45, 7) is 7.49. The smallest absolute Gasteiger partial charge is 0.261 e. The molecule has 2 aromatic rings. The highest BCUT2D eigenvalue weighted by molar-refractivity contribution is 7.92. The van der Waals surface area contributed by atoms with Gasteiger partial charge in [-0.1, -0.05) is 19.1 Å². The molecule has 0 atom stereocenters. The summed E-state index contributed by atoms with van der Waals surface area (Å²) in [5.41, 5.74) is 2.93. The first-order valence-electron chi connectivity index (χ1n) is 9.26. The minimum atomic E-state index is -3.70. The summed E-state index contributed by atoms with van der Waals surface area (Å²) in [4.78, 5) is 14.6. The lowest BCUT2D eigenvalue weighted by Crippen LogP contribution is -2.37. The first-order chi connectivity index (χ1) is 12.8. The van der Waals surface area contributed by atoms with Gasteiger partial charge in [0, 0.05) is 18.7 Å². The molecule has 6 heteroatoms. The van der Waals surface area contributed by atoms with E-state index in [2.05, 4.69) is 11.6 Å². The molecule has 2 aromatic carbocycles. The van der Waals surface area contributed by atoms with E-state index in [0.29, 0.717) is 17.2 Å². The normalized spacial score (nSPS) is 15.6. The van der Waals surface area contributed by atoms with Crippen LogP contribution in [0.25, 0.3) is 0 Å². The van der Waals surface area contributed by atoms with Crippen LogP contribution in [0.4, 0.5) is 5.69 Å². The average molecular weight is 387 g/mol. The Kier molecular flexibility index (Phi) is 5.56. The Hall–Kier alpha value is -2.34. The summed E-state index contributed by atoms with van der Waals surface area (Å²) < 4.78 is 28.0. The van der Waals surface area contributed by atoms with Crippen molar-refractivity contribution in [1.29, 1.82) is 0 Å². The second kappa shape index (κ2) is 7.72. The molecule has 144 valence electrons. The van der Waals surface area contributed by atoms with Gasteiger partial charge in [-0.25, -0.2) is 8.42 Å². The second-order valence-corrected chi connectivity index (χ2v) is 9.11. The number of piperidine rings is 1. The van der Waals surface area contributed by atoms with Crippen molar-refractivity contribution in [2.45, 2.75) is 38.5 Å². The molecule has 0 bridgehead atoms. The van der Waals surface area contributed by atoms with Gasteiger partial charge in [0.05, 0.1) is 10.6 Å². The number of rotatable bonds is 4. The highest BCUT2D eigenvalue weighted by Crippen LogP contribution is 2.22. The van der Waals surface area contributed by atoms with Gasteiger partial charge in [-0.3, -0.25) is 9.52 Å². The molecule has 0 spiro atoms. The first kappa shape index (κ1) is 19.4. The number of anilines is 1. The number of carbonyl (C=O) groups is 1. The van der Waals surface area contributed by atoms with E-state index in [0.717, 1.165) is 37.1 Å². The zero-order valence-electron chi connectivity index (χ0n) is 16.0. The zero-order valence-corrected chi connectivity index (χ0v) is 16.8. The van der Waals surface area contributed by atoms with Crippen LogP contribution in [0.15, 0.2) is 47.4 Å². The largest absolute Gasteiger partial charge is 0.339 e. The van der Waals surface area contributed by atoms with Crippen LogP contribution in [0.2, 0.25) is 0 Å². The molecule has 1 amide bonds. The van der Waals surface area contributed by atoms with Gasteiger partial charge in [0.15, 0.2) is 0 Å². The van der Waals surface area contributed by atoms with Crippen molar-refractivity contribution in [3.8, 4) is 0 Å². The minimum Gasteiger partial charge on any atom is -0.339 e. The van der Waals surface area contributed by atoms with Crippen molar-refractivity contribution in [2.24, 2.45) is 5.92 Å². The van der Waals surface area contributed by atoms with E-state index in [1.807, 2.05) is 36.9 Å². The van der Waals surface area contributed by atoms with Crippen LogP contribution in [-0.4, -0.2) is 32.3 Å². The summed E-state index contributed by atoms with van der Waals surface area (Å²) in [5.74, 6) is 0.617. The number of hydrogen-bond acceptors (Lipinski definition) is 3. The third kappa shape index (κ3) is 4.50. The molecule has 1 heterocycles. The zero-order chi connectivity index (χ0) is 19.6. The second-order valence-electron chi connectivity index (χ2n) is 7.42. The van der Waals surface area contributed by atoms with Crippen molar-refractivity contribution < 1.29 is 13.2 Å². The molecule has 1 fully saturated rings. The molecule has 1 N–H and O–H groups in total. The van der Waals surface area contributed by atoms with Gasteiger partial charge in [0.1, 0.15) is 0 Å². The lowest BCUT2D eigenvalue weighted by Gasteiger charge is -2.30. The van der Waals surface area contributed by atoms with E-state index >= 15 is 0 Å². The van der Waals surface area contributed by atoms with Crippen LogP contribution in [0.5, 0.6) is 0 Å². The number of hydrogen-bond donors (Lipinski definition) is 1. The molecule has 0 saturated carbocycles. The molecule has 1 aliphatic rings. The van der Waals surface area contributed by atoms with E-state index in [4.69, 9.17) is 0 Å². The molecule has 1 saturated heterocycles. The van der Waals surface area contributed by atoms with E-state index in [9.17, 15) is 13.2 Å². The van der Waals surface area contributed by atoms with E-state index < -0.39 is 10.0 Å². The molecule has 1 aliphatic heterocycles. The van der Waals surface area contributed by atoms with Crippen LogP contribution in [-0.2, 0) is 10.0 Å². The number of likely N-dealkylation sites (tertiary alicyclic amines) is 1. The van der Waals surface area contributed by atoms with Gasteiger partial charge in [0.25, 0.3) is 15.9 Å². The predicted molar refractivity (Wildman–Crippen MR) is 107 cm³/mol. The molecule has 27 heavy (non-hydrogen) atoms. The van der Waals surface area contributed by atoms with Crippen LogP contribution in [0, 0.1) is 19.8 Å². The number of nitrogens with zero attached hydrogens (tertiary/aromatic N) is 1. The Morgan fingerprint density at radius 1 is 1.04 bits per heavy atom. The summed E-state index contributed by atoms with van der Waals surface area (Å²) in [5, 5.41) is 0. The van der Waals surface area contributed by atoms with Crippen LogP contribution in [0.3, 0.4) is 0 Å². The maximum atomic E-state index is 12.7. The molecule has 5 nitrogen and oxygen atoms in total. The minimum absolute atomic E-state index is 0.0339. The standard InChI is InChI=1S/C21H26N2O3S/c1-15-10-12-23(13-11-15)21(24)18-6-8-19(9-7-18)27(25,26)22-20-14-16(2)4-5-17(20)3/h4-9,14-15,22H,10-13H2,1-3H3. The topological polar surface area (TPSA) is 66.5 Å². The monoisotopic (exact) mass is 386 g/mol. The lowest BCUT2D eigenvalue weighted by molar-refractivity contribution is 0.0697. The molecular formula is C21H26N2O3S. The van der Waals surface area contributed by atoms with Gasteiger partial charge >= 0.3 is 0 Å². The Morgan fingerprint density at radius 2 is 1.67 bits per heavy atom. The fourth-order valence-corrected chi connectivity index (χ4v) is 4.34. The highest BCUT2D eigenvalue weighted by atomic mass is 32.2. The molecule has 0 radical (unpaired) electrons. The summed E-state index contributed by atoms with van der Waals surface area (Å²) in [7, 11) is -3.70. The number of aryl methyl sites for hydroxylation is 2. The van der Waals surface area contributed by atoms with Crippen molar-refractivity contribution in [1.82, 2.24) is 4.90 Å². The molecule has 0 unspecified atom stereocenters. The van der Waals surface area contributed by atoms with Crippen molar-refractivity contribution in [3.05, 3.63) is 59.2 Å². The number of carbonyl (C=O) groups excluding carboxylic acids is 1. The van der Waals surface area contributed by atoms with Crippen LogP contribution < -0.4 is 4.72 Å². The quantitative estimate of drug-likeness (QED) is 0.864. The molecular weight excluding hydrogens is 360 g/mol. The van der Waals surface area contributed by atoms with Crippen molar-refractivity contribution >= 4 is 21.6 Å². The SMILES string of the molecule is Cc1ccc(C)c(NS(=O)(=O)c2ccc(C(=O)N3CCC(C)CC3)cc2)c1. The van der Waals surface area contributed by atoms with Crippen LogP contribution in [0.1, 0.15) is 41.3 Å². The van der Waals surface area contributed by atoms with Gasteiger partial charge in [0.2, 0.25) is 0 Å². The highest BCUT2D eigenvalue weighted by Gasteiger charge is 2.22. The number of amides is 1. The van der Waals surface area contributed by atoms with Crippen molar-refractivity contribution in [2.75, 3.05) is 17.8 Å². The van der Waals surface area contributed by atoms with Gasteiger partial charge in [-0.2, -0.15) is 0 Å². The summed E-state index contributed by atoms with van der Waals surface area (Å²) in [6, 6.07) is 11.8. The third-order valence-electron chi connectivity index (χ3n) is 5.12. The number of nitrogens with one attached hydrogen (secondary N) is 1. The van der Waals surface area contributed by atoms with Crippen molar-refractivity contribution in [3.63, 3.8) is 0 Å². The maximum Gasteiger partial charge on any atom is 0.261 e. The fraction of sp³-hybridized carbons (Fsp3) is 0.381.